The zero-order valence-electron chi connectivity index (χ0n) is 20.1. The molecule has 3 aromatic rings. The lowest BCUT2D eigenvalue weighted by Crippen LogP contribution is -2.48. The zero-order chi connectivity index (χ0) is 27.8. The summed E-state index contributed by atoms with van der Waals surface area (Å²) in [6.07, 6.45) is -1.46. The van der Waals surface area contributed by atoms with Crippen molar-refractivity contribution < 1.29 is 22.4 Å². The molecule has 0 aliphatic carbocycles. The minimum atomic E-state index is -4.69. The van der Waals surface area contributed by atoms with Crippen LogP contribution in [0.25, 0.3) is 16.8 Å². The van der Waals surface area contributed by atoms with Crippen molar-refractivity contribution in [2.75, 3.05) is 13.6 Å². The SMILES string of the molecule is CN/C(=C1/CCN(C(=O)c2cc(F)cc(-c3ccc(=O)[nH]c3)c2Cl)[C@@H](C)C1=N)c1cncc(C(F)(F)F)n1. The molecule has 3 heterocycles. The first kappa shape index (κ1) is 27.0. The summed E-state index contributed by atoms with van der Waals surface area (Å²) in [4.78, 5) is 36.0. The highest BCUT2D eigenvalue weighted by Crippen LogP contribution is 2.34. The van der Waals surface area contributed by atoms with E-state index in [1.165, 1.54) is 30.3 Å². The average Bonchev–Trinajstić information content (AvgIpc) is 2.88. The van der Waals surface area contributed by atoms with Crippen molar-refractivity contribution >= 4 is 28.9 Å². The van der Waals surface area contributed by atoms with E-state index in [1.54, 1.807) is 6.92 Å². The van der Waals surface area contributed by atoms with Crippen LogP contribution in [0, 0.1) is 11.2 Å². The Morgan fingerprint density at radius 2 is 2.00 bits per heavy atom. The first-order valence-electron chi connectivity index (χ1n) is 11.3. The van der Waals surface area contributed by atoms with Crippen molar-refractivity contribution in [3.8, 4) is 11.1 Å². The van der Waals surface area contributed by atoms with Crippen LogP contribution in [0.4, 0.5) is 17.6 Å². The predicted molar refractivity (Wildman–Crippen MR) is 133 cm³/mol. The molecule has 38 heavy (non-hydrogen) atoms. The topological polar surface area (TPSA) is 115 Å². The fourth-order valence-corrected chi connectivity index (χ4v) is 4.55. The summed E-state index contributed by atoms with van der Waals surface area (Å²) in [5.74, 6) is -1.35. The van der Waals surface area contributed by atoms with Crippen LogP contribution in [-0.4, -0.2) is 51.1 Å². The number of aromatic nitrogens is 3. The van der Waals surface area contributed by atoms with Crippen molar-refractivity contribution in [2.24, 2.45) is 0 Å². The van der Waals surface area contributed by atoms with Gasteiger partial charge in [-0.3, -0.25) is 14.6 Å². The quantitative estimate of drug-likeness (QED) is 0.415. The highest BCUT2D eigenvalue weighted by molar-refractivity contribution is 6.36. The zero-order valence-corrected chi connectivity index (χ0v) is 20.8. The van der Waals surface area contributed by atoms with E-state index in [0.29, 0.717) is 17.3 Å². The van der Waals surface area contributed by atoms with Gasteiger partial charge in [-0.25, -0.2) is 9.37 Å². The third kappa shape index (κ3) is 5.17. The number of halogens is 5. The molecule has 8 nitrogen and oxygen atoms in total. The number of benzene rings is 1. The fourth-order valence-electron chi connectivity index (χ4n) is 4.25. The maximum absolute atomic E-state index is 14.5. The monoisotopic (exact) mass is 548 g/mol. The lowest BCUT2D eigenvalue weighted by molar-refractivity contribution is -0.141. The molecule has 13 heteroatoms. The van der Waals surface area contributed by atoms with E-state index in [2.05, 4.69) is 20.3 Å². The largest absolute Gasteiger partial charge is 0.434 e. The number of carbonyl (C=O) groups is 1. The molecule has 4 rings (SSSR count). The summed E-state index contributed by atoms with van der Waals surface area (Å²) in [7, 11) is 1.49. The Labute approximate surface area is 218 Å². The van der Waals surface area contributed by atoms with E-state index in [-0.39, 0.29) is 51.8 Å². The highest BCUT2D eigenvalue weighted by atomic mass is 35.5. The van der Waals surface area contributed by atoms with Crippen LogP contribution >= 0.6 is 11.6 Å². The van der Waals surface area contributed by atoms with E-state index in [4.69, 9.17) is 17.0 Å². The number of hydrogen-bond acceptors (Lipinski definition) is 6. The first-order valence-corrected chi connectivity index (χ1v) is 11.7. The molecule has 1 saturated heterocycles. The van der Waals surface area contributed by atoms with Gasteiger partial charge in [-0.15, -0.1) is 0 Å². The number of hydrogen-bond donors (Lipinski definition) is 3. The molecule has 1 atom stereocenters. The minimum absolute atomic E-state index is 0.0263. The maximum Gasteiger partial charge on any atom is 0.434 e. The standard InChI is InChI=1S/C25H21ClF4N6O2/c1-12-22(31)15(23(32-2)18-10-33-11-19(35-18)25(28,29)30)5-6-36(12)24(38)17-8-14(27)7-16(21(17)26)13-3-4-20(37)34-9-13/h3-4,7-12,31-32H,5-6H2,1-2H3,(H,34,37)/b23-15-,31-22?/t12-/m0/s1. The fraction of sp³-hybridized carbons (Fsp3) is 0.240. The van der Waals surface area contributed by atoms with Crippen LogP contribution in [0.2, 0.25) is 5.02 Å². The molecular formula is C25H21ClF4N6O2. The van der Waals surface area contributed by atoms with E-state index in [1.807, 2.05) is 0 Å². The Morgan fingerprint density at radius 1 is 1.26 bits per heavy atom. The summed E-state index contributed by atoms with van der Waals surface area (Å²) in [5.41, 5.74) is -0.616. The van der Waals surface area contributed by atoms with Gasteiger partial charge < -0.3 is 20.6 Å². The average molecular weight is 549 g/mol. The van der Waals surface area contributed by atoms with E-state index in [0.717, 1.165) is 18.3 Å². The number of piperidine rings is 1. The number of H-pyrrole nitrogens is 1. The van der Waals surface area contributed by atoms with Crippen LogP contribution in [0.1, 0.15) is 35.1 Å². The predicted octanol–water partition coefficient (Wildman–Crippen LogP) is 4.53. The van der Waals surface area contributed by atoms with Gasteiger partial charge in [-0.2, -0.15) is 13.2 Å². The van der Waals surface area contributed by atoms with Gasteiger partial charge in [0.15, 0.2) is 5.69 Å². The highest BCUT2D eigenvalue weighted by Gasteiger charge is 2.36. The van der Waals surface area contributed by atoms with E-state index >= 15 is 0 Å². The van der Waals surface area contributed by atoms with Gasteiger partial charge in [0.1, 0.15) is 11.5 Å². The molecule has 1 aliphatic heterocycles. The summed E-state index contributed by atoms with van der Waals surface area (Å²) in [6.45, 7) is 1.66. The second kappa shape index (κ2) is 10.4. The number of carbonyl (C=O) groups excluding carboxylic acids is 1. The van der Waals surface area contributed by atoms with Crippen LogP contribution in [0.3, 0.4) is 0 Å². The Balaban J connectivity index is 1.67. The van der Waals surface area contributed by atoms with Gasteiger partial charge in [0.2, 0.25) is 5.56 Å². The van der Waals surface area contributed by atoms with Crippen molar-refractivity contribution in [2.45, 2.75) is 25.6 Å². The number of rotatable bonds is 4. The number of pyridine rings is 1. The third-order valence-electron chi connectivity index (χ3n) is 6.17. The Morgan fingerprint density at radius 3 is 2.63 bits per heavy atom. The molecule has 1 fully saturated rings. The second-order valence-electron chi connectivity index (χ2n) is 8.49. The summed E-state index contributed by atoms with van der Waals surface area (Å²) in [5, 5.41) is 11.5. The summed E-state index contributed by atoms with van der Waals surface area (Å²) < 4.78 is 54.0. The summed E-state index contributed by atoms with van der Waals surface area (Å²) >= 11 is 6.50. The molecule has 0 unspecified atom stereocenters. The molecular weight excluding hydrogens is 528 g/mol. The number of alkyl halides is 3. The number of likely N-dealkylation sites (tertiary alicyclic amines) is 1. The Kier molecular flexibility index (Phi) is 7.36. The lowest BCUT2D eigenvalue weighted by Gasteiger charge is -2.36. The van der Waals surface area contributed by atoms with Gasteiger partial charge in [0, 0.05) is 37.0 Å². The normalized spacial score (nSPS) is 17.4. The molecule has 0 spiro atoms. The van der Waals surface area contributed by atoms with Gasteiger partial charge in [-0.05, 0) is 37.1 Å². The Bertz CT molecular complexity index is 1500. The molecule has 0 saturated carbocycles. The molecule has 1 aliphatic rings. The van der Waals surface area contributed by atoms with Crippen molar-refractivity contribution in [3.63, 3.8) is 0 Å². The summed E-state index contributed by atoms with van der Waals surface area (Å²) in [6, 6.07) is 4.02. The molecule has 3 N–H and O–H groups in total. The van der Waals surface area contributed by atoms with Crippen LogP contribution in [0.5, 0.6) is 0 Å². The molecule has 0 radical (unpaired) electrons. The van der Waals surface area contributed by atoms with Crippen molar-refractivity contribution in [3.05, 3.63) is 86.6 Å². The molecule has 0 bridgehead atoms. The van der Waals surface area contributed by atoms with Gasteiger partial charge >= 0.3 is 6.18 Å². The third-order valence-corrected chi connectivity index (χ3v) is 6.58. The van der Waals surface area contributed by atoms with Crippen LogP contribution < -0.4 is 10.9 Å². The van der Waals surface area contributed by atoms with Gasteiger partial charge in [0.25, 0.3) is 5.91 Å². The van der Waals surface area contributed by atoms with Gasteiger partial charge in [0.05, 0.1) is 40.4 Å². The molecule has 198 valence electrons. The van der Waals surface area contributed by atoms with Crippen LogP contribution in [0.15, 0.2) is 53.2 Å². The maximum atomic E-state index is 14.5. The number of amides is 1. The molecule has 1 aromatic carbocycles. The Hall–Kier alpha value is -4.06. The van der Waals surface area contributed by atoms with E-state index in [9.17, 15) is 27.2 Å². The second-order valence-corrected chi connectivity index (χ2v) is 8.86. The van der Waals surface area contributed by atoms with E-state index < -0.39 is 29.6 Å². The molecule has 1 amide bonds. The minimum Gasteiger partial charge on any atom is -0.386 e. The molecule has 2 aromatic heterocycles. The van der Waals surface area contributed by atoms with Crippen LogP contribution in [-0.2, 0) is 6.18 Å². The smallest absolute Gasteiger partial charge is 0.386 e. The number of aromatic amines is 1. The van der Waals surface area contributed by atoms with Crippen molar-refractivity contribution in [1.29, 1.82) is 5.41 Å². The first-order chi connectivity index (χ1) is 17.9. The van der Waals surface area contributed by atoms with Gasteiger partial charge in [-0.1, -0.05) is 11.6 Å². The number of nitrogens with zero attached hydrogens (tertiary/aromatic N) is 3. The van der Waals surface area contributed by atoms with Crippen molar-refractivity contribution in [1.82, 2.24) is 25.2 Å². The lowest BCUT2D eigenvalue weighted by atomic mass is 9.91. The number of nitrogens with one attached hydrogen (secondary N) is 3.